The number of pyridine rings is 1. The highest BCUT2D eigenvalue weighted by molar-refractivity contribution is 6.35. The molecule has 0 saturated heterocycles. The normalized spacial score (nSPS) is 12.0. The van der Waals surface area contributed by atoms with Crippen LogP contribution in [0.2, 0.25) is 10.0 Å². The van der Waals surface area contributed by atoms with Crippen LogP contribution in [-0.4, -0.2) is 51.4 Å². The molecule has 0 fully saturated rings. The number of nitrogens with two attached hydrogens (primary N) is 1. The molecule has 4 N–H and O–H groups in total. The zero-order valence-electron chi connectivity index (χ0n) is 18.6. The summed E-state index contributed by atoms with van der Waals surface area (Å²) in [5, 5.41) is 3.96. The van der Waals surface area contributed by atoms with E-state index < -0.39 is 0 Å². The van der Waals surface area contributed by atoms with E-state index in [4.69, 9.17) is 28.9 Å². The minimum atomic E-state index is -0.239. The SMILES string of the molecule is CN(C)C(CNC(=O)c1cc(-c2nc(N)ncc2-c2cc(Cl)cc(Cl)c2)c[nH]1)c1cccnc1. The maximum Gasteiger partial charge on any atom is 0.267 e. The van der Waals surface area contributed by atoms with E-state index >= 15 is 0 Å². The van der Waals surface area contributed by atoms with Gasteiger partial charge in [-0.2, -0.15) is 0 Å². The van der Waals surface area contributed by atoms with Crippen molar-refractivity contribution in [1.82, 2.24) is 30.2 Å². The number of likely N-dealkylation sites (N-methyl/N-ethyl adjacent to an activating group) is 1. The summed E-state index contributed by atoms with van der Waals surface area (Å²) in [7, 11) is 3.92. The number of aromatic nitrogens is 4. The van der Waals surface area contributed by atoms with E-state index in [1.807, 2.05) is 31.1 Å². The van der Waals surface area contributed by atoms with Crippen molar-refractivity contribution in [3.8, 4) is 22.4 Å². The molecular weight excluding hydrogens is 473 g/mol. The van der Waals surface area contributed by atoms with Gasteiger partial charge in [0.1, 0.15) is 5.69 Å². The monoisotopic (exact) mass is 495 g/mol. The van der Waals surface area contributed by atoms with Crippen LogP contribution in [0.5, 0.6) is 0 Å². The van der Waals surface area contributed by atoms with Gasteiger partial charge in [-0.3, -0.25) is 9.78 Å². The number of benzene rings is 1. The first-order valence-corrected chi connectivity index (χ1v) is 11.2. The van der Waals surface area contributed by atoms with E-state index in [0.29, 0.717) is 39.1 Å². The first-order valence-electron chi connectivity index (χ1n) is 10.4. The number of anilines is 1. The van der Waals surface area contributed by atoms with Crippen molar-refractivity contribution < 1.29 is 4.79 Å². The lowest BCUT2D eigenvalue weighted by molar-refractivity contribution is 0.0937. The average molecular weight is 496 g/mol. The second-order valence-electron chi connectivity index (χ2n) is 7.93. The van der Waals surface area contributed by atoms with Gasteiger partial charge in [0.2, 0.25) is 5.95 Å². The Hall–Kier alpha value is -3.46. The number of nitrogens with one attached hydrogen (secondary N) is 2. The Kier molecular flexibility index (Phi) is 7.12. The molecule has 1 unspecified atom stereocenters. The van der Waals surface area contributed by atoms with Crippen molar-refractivity contribution in [1.29, 1.82) is 0 Å². The summed E-state index contributed by atoms with van der Waals surface area (Å²) in [6, 6.07) is 10.8. The standard InChI is InChI=1S/C24H23Cl2N7O/c1-33(2)21(14-4-3-5-28-10-14)13-30-23(34)20-8-16(11-29-20)22-19(12-31-24(27)32-22)15-6-17(25)9-18(26)7-15/h3-12,21,29H,13H2,1-2H3,(H,30,34)(H2,27,31,32). The van der Waals surface area contributed by atoms with Crippen LogP contribution in [0, 0.1) is 0 Å². The Balaban J connectivity index is 1.58. The highest BCUT2D eigenvalue weighted by Gasteiger charge is 2.19. The van der Waals surface area contributed by atoms with Gasteiger partial charge in [0.15, 0.2) is 0 Å². The highest BCUT2D eigenvalue weighted by Crippen LogP contribution is 2.34. The van der Waals surface area contributed by atoms with E-state index in [1.165, 1.54) is 0 Å². The van der Waals surface area contributed by atoms with E-state index in [1.54, 1.807) is 49.1 Å². The van der Waals surface area contributed by atoms with Crippen LogP contribution in [0.25, 0.3) is 22.4 Å². The third-order valence-corrected chi connectivity index (χ3v) is 5.77. The Labute approximate surface area is 207 Å². The fourth-order valence-corrected chi connectivity index (χ4v) is 4.18. The summed E-state index contributed by atoms with van der Waals surface area (Å²) in [4.78, 5) is 30.6. The molecule has 0 aliphatic carbocycles. The fourth-order valence-electron chi connectivity index (χ4n) is 3.65. The minimum Gasteiger partial charge on any atom is -0.368 e. The van der Waals surface area contributed by atoms with Crippen molar-refractivity contribution >= 4 is 35.1 Å². The molecule has 0 radical (unpaired) electrons. The first kappa shape index (κ1) is 23.7. The predicted molar refractivity (Wildman–Crippen MR) is 135 cm³/mol. The van der Waals surface area contributed by atoms with Gasteiger partial charge in [-0.05, 0) is 55.6 Å². The molecular formula is C24H23Cl2N7O. The first-order chi connectivity index (χ1) is 16.3. The van der Waals surface area contributed by atoms with Crippen LogP contribution < -0.4 is 11.1 Å². The van der Waals surface area contributed by atoms with Gasteiger partial charge in [-0.1, -0.05) is 29.3 Å². The van der Waals surface area contributed by atoms with Crippen LogP contribution in [0.4, 0.5) is 5.95 Å². The number of halogens is 2. The molecule has 0 aliphatic rings. The van der Waals surface area contributed by atoms with Gasteiger partial charge in [0.25, 0.3) is 5.91 Å². The number of carbonyl (C=O) groups is 1. The second kappa shape index (κ2) is 10.2. The van der Waals surface area contributed by atoms with Gasteiger partial charge in [-0.15, -0.1) is 0 Å². The van der Waals surface area contributed by atoms with E-state index in [-0.39, 0.29) is 17.9 Å². The highest BCUT2D eigenvalue weighted by atomic mass is 35.5. The van der Waals surface area contributed by atoms with Crippen LogP contribution >= 0.6 is 23.2 Å². The van der Waals surface area contributed by atoms with Crippen LogP contribution in [0.3, 0.4) is 0 Å². The number of hydrogen-bond donors (Lipinski definition) is 3. The molecule has 0 bridgehead atoms. The van der Waals surface area contributed by atoms with Crippen molar-refractivity contribution in [2.24, 2.45) is 0 Å². The van der Waals surface area contributed by atoms with E-state index in [0.717, 1.165) is 11.1 Å². The second-order valence-corrected chi connectivity index (χ2v) is 8.80. The minimum absolute atomic E-state index is 0.0204. The number of aromatic amines is 1. The zero-order chi connectivity index (χ0) is 24.2. The van der Waals surface area contributed by atoms with Gasteiger partial charge in [0, 0.05) is 52.5 Å². The number of nitrogen functional groups attached to an aromatic ring is 1. The largest absolute Gasteiger partial charge is 0.368 e. The topological polar surface area (TPSA) is 113 Å². The predicted octanol–water partition coefficient (Wildman–Crippen LogP) is 4.46. The summed E-state index contributed by atoms with van der Waals surface area (Å²) >= 11 is 12.4. The van der Waals surface area contributed by atoms with E-state index in [9.17, 15) is 4.79 Å². The maximum absolute atomic E-state index is 12.9. The lowest BCUT2D eigenvalue weighted by Crippen LogP contribution is -2.34. The maximum atomic E-state index is 12.9. The molecule has 3 heterocycles. The fraction of sp³-hybridized carbons (Fsp3) is 0.167. The molecule has 3 aromatic heterocycles. The Morgan fingerprint density at radius 1 is 1.15 bits per heavy atom. The summed E-state index contributed by atoms with van der Waals surface area (Å²) < 4.78 is 0. The molecule has 0 saturated carbocycles. The Bertz CT molecular complexity index is 1290. The quantitative estimate of drug-likeness (QED) is 0.348. The molecule has 1 aromatic carbocycles. The molecule has 0 spiro atoms. The van der Waals surface area contributed by atoms with Crippen molar-refractivity contribution in [3.63, 3.8) is 0 Å². The molecule has 1 amide bonds. The van der Waals surface area contributed by atoms with Crippen molar-refractivity contribution in [2.45, 2.75) is 6.04 Å². The number of hydrogen-bond acceptors (Lipinski definition) is 6. The summed E-state index contributed by atoms with van der Waals surface area (Å²) in [5.41, 5.74) is 9.94. The number of nitrogens with zero attached hydrogens (tertiary/aromatic N) is 4. The number of amides is 1. The van der Waals surface area contributed by atoms with Gasteiger partial charge < -0.3 is 20.9 Å². The zero-order valence-corrected chi connectivity index (χ0v) is 20.1. The lowest BCUT2D eigenvalue weighted by Gasteiger charge is -2.24. The summed E-state index contributed by atoms with van der Waals surface area (Å²) in [6.07, 6.45) is 6.84. The Morgan fingerprint density at radius 2 is 1.91 bits per heavy atom. The number of H-pyrrole nitrogens is 1. The lowest BCUT2D eigenvalue weighted by atomic mass is 10.0. The molecule has 174 valence electrons. The van der Waals surface area contributed by atoms with Crippen LogP contribution in [0.1, 0.15) is 22.1 Å². The number of carbonyl (C=O) groups excluding carboxylic acids is 1. The molecule has 8 nitrogen and oxygen atoms in total. The third-order valence-electron chi connectivity index (χ3n) is 5.33. The summed E-state index contributed by atoms with van der Waals surface area (Å²) in [6.45, 7) is 0.415. The molecule has 10 heteroatoms. The molecule has 1 atom stereocenters. The summed E-state index contributed by atoms with van der Waals surface area (Å²) in [5.74, 6) is -0.124. The average Bonchev–Trinajstić information content (AvgIpc) is 3.29. The third kappa shape index (κ3) is 5.36. The van der Waals surface area contributed by atoms with E-state index in [2.05, 4.69) is 25.3 Å². The van der Waals surface area contributed by atoms with Crippen LogP contribution in [-0.2, 0) is 0 Å². The molecule has 0 aliphatic heterocycles. The van der Waals surface area contributed by atoms with Crippen molar-refractivity contribution in [2.75, 3.05) is 26.4 Å². The molecule has 4 rings (SSSR count). The smallest absolute Gasteiger partial charge is 0.267 e. The van der Waals surface area contributed by atoms with Gasteiger partial charge >= 0.3 is 0 Å². The molecule has 4 aromatic rings. The number of rotatable bonds is 7. The van der Waals surface area contributed by atoms with Crippen LogP contribution in [0.15, 0.2) is 61.2 Å². The molecule has 34 heavy (non-hydrogen) atoms. The Morgan fingerprint density at radius 3 is 2.59 bits per heavy atom. The van der Waals surface area contributed by atoms with Crippen molar-refractivity contribution in [3.05, 3.63) is 82.5 Å². The van der Waals surface area contributed by atoms with Gasteiger partial charge in [-0.25, -0.2) is 9.97 Å². The van der Waals surface area contributed by atoms with Gasteiger partial charge in [0.05, 0.1) is 11.7 Å².